The molecule has 5 atom stereocenters. The molecule has 0 aromatic carbocycles. The van der Waals surface area contributed by atoms with E-state index in [4.69, 9.17) is 10.0 Å². The van der Waals surface area contributed by atoms with Crippen LogP contribution in [0.5, 0.6) is 0 Å². The Bertz CT molecular complexity index is 348. The third kappa shape index (κ3) is 2.47. The highest BCUT2D eigenvalue weighted by Gasteiger charge is 2.73. The number of hydrogen-bond donors (Lipinski definition) is 4. The predicted octanol–water partition coefficient (Wildman–Crippen LogP) is 1.46. The first kappa shape index (κ1) is 18.4. The monoisotopic (exact) mass is 349 g/mol. The number of fused-ring (bicyclic) bond motifs is 2. The maximum absolute atomic E-state index is 10.9. The molecule has 0 heterocycles. The molecule has 117 valence electrons. The van der Waals surface area contributed by atoms with E-state index in [1.54, 1.807) is 0 Å². The minimum Gasteiger partial charge on any atom is -0.429 e. The molecule has 4 N–H and O–H groups in total. The largest absolute Gasteiger partial charge is 0.482 e. The molecule has 0 aliphatic heterocycles. The van der Waals surface area contributed by atoms with Crippen molar-refractivity contribution in [1.29, 1.82) is 0 Å². The highest BCUT2D eigenvalue weighted by atomic mass is 79.9. The average molecular weight is 350 g/mol. The van der Waals surface area contributed by atoms with Crippen LogP contribution < -0.4 is 0 Å². The Labute approximate surface area is 131 Å². The van der Waals surface area contributed by atoms with E-state index >= 15 is 0 Å². The molecule has 6 heteroatoms. The molecule has 5 unspecified atom stereocenters. The Balaban J connectivity index is 0.000000612. The van der Waals surface area contributed by atoms with Gasteiger partial charge >= 0.3 is 7.69 Å². The summed E-state index contributed by atoms with van der Waals surface area (Å²) < 4.78 is 0. The molecule has 3 fully saturated rings. The molecular formula is C14H27BBrO4. The van der Waals surface area contributed by atoms with Crippen molar-refractivity contribution in [1.82, 2.24) is 0 Å². The van der Waals surface area contributed by atoms with E-state index in [1.807, 2.05) is 6.92 Å². The molecule has 3 aliphatic carbocycles. The van der Waals surface area contributed by atoms with Gasteiger partial charge in [0.15, 0.2) is 0 Å². The van der Waals surface area contributed by atoms with Gasteiger partial charge in [0.1, 0.15) is 0 Å². The smallest absolute Gasteiger partial charge is 0.429 e. The fourth-order valence-corrected chi connectivity index (χ4v) is 4.80. The van der Waals surface area contributed by atoms with Crippen molar-refractivity contribution in [3.05, 3.63) is 0 Å². The summed E-state index contributed by atoms with van der Waals surface area (Å²) in [6, 6.07) is 0. The molecule has 0 spiro atoms. The van der Waals surface area contributed by atoms with Crippen molar-refractivity contribution in [2.45, 2.75) is 63.5 Å². The minimum absolute atomic E-state index is 0. The maximum Gasteiger partial charge on any atom is 0.482 e. The topological polar surface area (TPSA) is 80.9 Å². The van der Waals surface area contributed by atoms with E-state index in [1.165, 1.54) is 0 Å². The first-order chi connectivity index (χ1) is 8.97. The minimum atomic E-state index is -0.996. The quantitative estimate of drug-likeness (QED) is 0.449. The Morgan fingerprint density at radius 2 is 1.60 bits per heavy atom. The van der Waals surface area contributed by atoms with E-state index < -0.39 is 11.2 Å². The number of hydrogen-bond acceptors (Lipinski definition) is 4. The summed E-state index contributed by atoms with van der Waals surface area (Å²) in [6.45, 7) is 10.3. The molecule has 3 aliphatic rings. The zero-order valence-electron chi connectivity index (χ0n) is 13.0. The van der Waals surface area contributed by atoms with Crippen LogP contribution >= 0.6 is 15.9 Å². The highest BCUT2D eigenvalue weighted by molar-refractivity contribution is 9.09. The van der Waals surface area contributed by atoms with Gasteiger partial charge < -0.3 is 20.3 Å². The summed E-state index contributed by atoms with van der Waals surface area (Å²) in [5, 5.41) is 35.7. The molecule has 3 saturated carbocycles. The van der Waals surface area contributed by atoms with Gasteiger partial charge in [0.2, 0.25) is 0 Å². The first-order valence-electron chi connectivity index (χ1n) is 7.16. The molecule has 0 amide bonds. The van der Waals surface area contributed by atoms with Crippen LogP contribution in [0.25, 0.3) is 0 Å². The van der Waals surface area contributed by atoms with Gasteiger partial charge in [-0.15, -0.1) is 0 Å². The van der Waals surface area contributed by atoms with Gasteiger partial charge in [0, 0.05) is 10.7 Å². The highest BCUT2D eigenvalue weighted by Crippen LogP contribution is 2.68. The predicted molar refractivity (Wildman–Crippen MR) is 83.3 cm³/mol. The molecule has 1 radical (unpaired) electrons. The summed E-state index contributed by atoms with van der Waals surface area (Å²) in [4.78, 5) is 0.267. The van der Waals surface area contributed by atoms with Crippen LogP contribution in [0.2, 0.25) is 0 Å². The molecule has 4 nitrogen and oxygen atoms in total. The number of halogens is 1. The summed E-state index contributed by atoms with van der Waals surface area (Å²) in [5.41, 5.74) is -2.07. The molecule has 0 aromatic heterocycles. The van der Waals surface area contributed by atoms with Crippen molar-refractivity contribution in [2.24, 2.45) is 23.2 Å². The second-order valence-electron chi connectivity index (χ2n) is 7.28. The van der Waals surface area contributed by atoms with Crippen molar-refractivity contribution in [3.63, 3.8) is 0 Å². The third-order valence-corrected chi connectivity index (χ3v) is 7.44. The van der Waals surface area contributed by atoms with Crippen LogP contribution in [0, 0.1) is 23.2 Å². The first-order valence-corrected chi connectivity index (χ1v) is 8.07. The molecule has 3 rings (SSSR count). The van der Waals surface area contributed by atoms with Crippen molar-refractivity contribution < 1.29 is 20.3 Å². The van der Waals surface area contributed by atoms with Crippen LogP contribution in [-0.2, 0) is 0 Å². The van der Waals surface area contributed by atoms with Crippen molar-refractivity contribution in [3.8, 4) is 0 Å². The zero-order valence-corrected chi connectivity index (χ0v) is 14.6. The number of rotatable bonds is 2. The lowest BCUT2D eigenvalue weighted by molar-refractivity contribution is -0.333. The summed E-state index contributed by atoms with van der Waals surface area (Å²) >= 11 is 3.72. The van der Waals surface area contributed by atoms with Gasteiger partial charge in [-0.25, -0.2) is 0 Å². The van der Waals surface area contributed by atoms with Gasteiger partial charge in [-0.05, 0) is 37.0 Å². The van der Waals surface area contributed by atoms with E-state index in [2.05, 4.69) is 43.6 Å². The van der Waals surface area contributed by atoms with Gasteiger partial charge in [0.05, 0.1) is 11.2 Å². The second-order valence-corrected chi connectivity index (χ2v) is 8.33. The Kier molecular flexibility index (Phi) is 5.42. The number of alkyl halides is 1. The van der Waals surface area contributed by atoms with Gasteiger partial charge in [-0.3, -0.25) is 0 Å². The summed E-state index contributed by atoms with van der Waals surface area (Å²) in [7, 11) is 0. The normalized spacial score (nSPS) is 43.1. The summed E-state index contributed by atoms with van der Waals surface area (Å²) in [5.74, 6) is 1.14. The Morgan fingerprint density at radius 3 is 1.95 bits per heavy atom. The van der Waals surface area contributed by atoms with E-state index in [0.717, 1.165) is 12.8 Å². The summed E-state index contributed by atoms with van der Waals surface area (Å²) in [6.07, 6.45) is 1.76. The Hall–Kier alpha value is 0.385. The second kappa shape index (κ2) is 5.88. The third-order valence-electron chi connectivity index (χ3n) is 5.75. The van der Waals surface area contributed by atoms with Crippen LogP contribution in [0.3, 0.4) is 0 Å². The lowest BCUT2D eigenvalue weighted by atomic mass is 9.38. The number of aliphatic hydroxyl groups is 2. The van der Waals surface area contributed by atoms with Gasteiger partial charge in [-0.1, -0.05) is 43.6 Å². The van der Waals surface area contributed by atoms with Crippen LogP contribution in [0.4, 0.5) is 0 Å². The molecule has 20 heavy (non-hydrogen) atoms. The maximum atomic E-state index is 10.9. The van der Waals surface area contributed by atoms with Gasteiger partial charge in [-0.2, -0.15) is 0 Å². The Morgan fingerprint density at radius 1 is 1.15 bits per heavy atom. The van der Waals surface area contributed by atoms with Crippen LogP contribution in [0.15, 0.2) is 0 Å². The van der Waals surface area contributed by atoms with E-state index in [9.17, 15) is 10.2 Å². The fourth-order valence-electron chi connectivity index (χ4n) is 4.07. The fraction of sp³-hybridized carbons (Fsp3) is 1.00. The lowest BCUT2D eigenvalue weighted by Gasteiger charge is -2.71. The van der Waals surface area contributed by atoms with Crippen molar-refractivity contribution >= 4 is 23.6 Å². The lowest BCUT2D eigenvalue weighted by Crippen LogP contribution is -2.78. The van der Waals surface area contributed by atoms with Crippen molar-refractivity contribution in [2.75, 3.05) is 0 Å². The standard InChI is InChI=1S/C14H25BrO2.BH2O2/c1-8(2)11(15)10-6-9-7-14(17,12(9,3)4)13(10,5)16;2-1-3/h8-11,16-17H,6-7H2,1-5H3;2-3H. The molecule has 2 bridgehead atoms. The average Bonchev–Trinajstić information content (AvgIpc) is 2.32. The van der Waals surface area contributed by atoms with Gasteiger partial charge in [0.25, 0.3) is 0 Å². The van der Waals surface area contributed by atoms with E-state index in [-0.39, 0.29) is 23.8 Å². The van der Waals surface area contributed by atoms with E-state index in [0.29, 0.717) is 11.8 Å². The SMILES string of the molecule is CC(C)C(Br)C1CC2CC(O)(C2(C)C)C1(C)O.O[B]O. The van der Waals surface area contributed by atoms with Crippen LogP contribution in [-0.4, -0.2) is 44.0 Å². The molecular weight excluding hydrogens is 323 g/mol. The van der Waals surface area contributed by atoms with Crippen LogP contribution in [0.1, 0.15) is 47.5 Å². The zero-order chi connectivity index (χ0) is 15.9. The molecule has 0 saturated heterocycles. The molecule has 0 aromatic rings.